The van der Waals surface area contributed by atoms with Crippen LogP contribution in [0.15, 0.2) is 41.2 Å². The topological polar surface area (TPSA) is 64.9 Å². The van der Waals surface area contributed by atoms with Crippen molar-refractivity contribution in [1.82, 2.24) is 5.48 Å². The Labute approximate surface area is 81.1 Å². The van der Waals surface area contributed by atoms with E-state index in [0.717, 1.165) is 17.5 Å². The minimum Gasteiger partial charge on any atom is -0.410 e. The second kappa shape index (κ2) is 3.51. The molecular weight excluding hydrogens is 180 g/mol. The maximum atomic E-state index is 8.84. The van der Waals surface area contributed by atoms with E-state index >= 15 is 0 Å². The van der Waals surface area contributed by atoms with Gasteiger partial charge >= 0.3 is 0 Å². The van der Waals surface area contributed by atoms with Gasteiger partial charge in [-0.3, -0.25) is 10.7 Å². The molecule has 1 aromatic carbocycles. The molecule has 0 amide bonds. The van der Waals surface area contributed by atoms with Gasteiger partial charge in [0.15, 0.2) is 0 Å². The Hall–Kier alpha value is -1.81. The smallest absolute Gasteiger partial charge is 0.135 e. The monoisotopic (exact) mass is 190 g/mol. The van der Waals surface area contributed by atoms with Crippen molar-refractivity contribution < 1.29 is 10.4 Å². The second-order valence-electron chi connectivity index (χ2n) is 3.04. The molecule has 0 saturated carbocycles. The zero-order valence-corrected chi connectivity index (χ0v) is 7.44. The summed E-state index contributed by atoms with van der Waals surface area (Å²) in [5.74, 6) is 0. The molecule has 4 heteroatoms. The van der Waals surface area contributed by atoms with E-state index in [4.69, 9.17) is 10.4 Å². The third-order valence-corrected chi connectivity index (χ3v) is 2.27. The van der Waals surface area contributed by atoms with Crippen molar-refractivity contribution in [1.29, 1.82) is 0 Å². The standard InChI is InChI=1S/C10H10N2O2/c13-11-9-6-5-7-3-1-2-4-8(7)10(9)12-14/h1-4,6,11,13-14H,5H2/b12-10-. The summed E-state index contributed by atoms with van der Waals surface area (Å²) in [6.45, 7) is 0. The maximum Gasteiger partial charge on any atom is 0.135 e. The van der Waals surface area contributed by atoms with Crippen molar-refractivity contribution >= 4 is 5.71 Å². The van der Waals surface area contributed by atoms with E-state index in [1.54, 1.807) is 6.08 Å². The first-order valence-electron chi connectivity index (χ1n) is 4.28. The Kier molecular flexibility index (Phi) is 2.20. The van der Waals surface area contributed by atoms with Gasteiger partial charge in [-0.05, 0) is 12.0 Å². The van der Waals surface area contributed by atoms with Crippen molar-refractivity contribution in [2.45, 2.75) is 6.42 Å². The van der Waals surface area contributed by atoms with Crippen LogP contribution in [0.4, 0.5) is 0 Å². The van der Waals surface area contributed by atoms with E-state index < -0.39 is 0 Å². The largest absolute Gasteiger partial charge is 0.410 e. The Morgan fingerprint density at radius 2 is 2.07 bits per heavy atom. The summed E-state index contributed by atoms with van der Waals surface area (Å²) in [7, 11) is 0. The van der Waals surface area contributed by atoms with Gasteiger partial charge < -0.3 is 5.21 Å². The molecule has 2 rings (SSSR count). The maximum absolute atomic E-state index is 8.84. The Morgan fingerprint density at radius 3 is 2.79 bits per heavy atom. The zero-order valence-electron chi connectivity index (χ0n) is 7.44. The third-order valence-electron chi connectivity index (χ3n) is 2.27. The van der Waals surface area contributed by atoms with Crippen LogP contribution in [0, 0.1) is 0 Å². The number of hydrogen-bond donors (Lipinski definition) is 3. The molecule has 0 fully saturated rings. The van der Waals surface area contributed by atoms with Gasteiger partial charge in [-0.2, -0.15) is 0 Å². The van der Waals surface area contributed by atoms with Gasteiger partial charge in [0.1, 0.15) is 5.71 Å². The molecule has 0 heterocycles. The molecule has 0 aliphatic heterocycles. The van der Waals surface area contributed by atoms with Crippen LogP contribution >= 0.6 is 0 Å². The number of nitrogens with zero attached hydrogens (tertiary/aromatic N) is 1. The van der Waals surface area contributed by atoms with E-state index in [1.807, 2.05) is 29.7 Å². The molecule has 0 bridgehead atoms. The molecule has 0 unspecified atom stereocenters. The van der Waals surface area contributed by atoms with Crippen LogP contribution in [0.5, 0.6) is 0 Å². The van der Waals surface area contributed by atoms with Crippen LogP contribution < -0.4 is 5.48 Å². The van der Waals surface area contributed by atoms with Crippen LogP contribution in [0.25, 0.3) is 0 Å². The first kappa shape index (κ1) is 8.77. The normalized spacial score (nSPS) is 17.5. The first-order valence-corrected chi connectivity index (χ1v) is 4.28. The molecule has 72 valence electrons. The molecule has 0 atom stereocenters. The number of allylic oxidation sites excluding steroid dienone is 2. The van der Waals surface area contributed by atoms with E-state index in [1.165, 1.54) is 0 Å². The van der Waals surface area contributed by atoms with Gasteiger partial charge in [0, 0.05) is 5.56 Å². The molecule has 3 N–H and O–H groups in total. The lowest BCUT2D eigenvalue weighted by atomic mass is 9.93. The fraction of sp³-hybridized carbons (Fsp3) is 0.100. The number of nitrogens with one attached hydrogen (secondary N) is 1. The van der Waals surface area contributed by atoms with Crippen LogP contribution in [0.1, 0.15) is 11.1 Å². The van der Waals surface area contributed by atoms with Gasteiger partial charge in [-0.15, -0.1) is 0 Å². The first-order chi connectivity index (χ1) is 6.86. The average Bonchev–Trinajstić information content (AvgIpc) is 2.27. The van der Waals surface area contributed by atoms with E-state index in [2.05, 4.69) is 5.16 Å². The number of rotatable bonds is 1. The lowest BCUT2D eigenvalue weighted by Crippen LogP contribution is -2.22. The van der Waals surface area contributed by atoms with Crippen molar-refractivity contribution in [2.75, 3.05) is 0 Å². The quantitative estimate of drug-likeness (QED) is 0.461. The summed E-state index contributed by atoms with van der Waals surface area (Å²) < 4.78 is 0. The second-order valence-corrected chi connectivity index (χ2v) is 3.04. The fourth-order valence-electron chi connectivity index (χ4n) is 1.59. The molecule has 0 aromatic heterocycles. The van der Waals surface area contributed by atoms with Gasteiger partial charge in [-0.1, -0.05) is 35.5 Å². The number of benzene rings is 1. The summed E-state index contributed by atoms with van der Waals surface area (Å²) in [4.78, 5) is 0. The highest BCUT2D eigenvalue weighted by Crippen LogP contribution is 2.19. The minimum absolute atomic E-state index is 0.370. The Morgan fingerprint density at radius 1 is 1.29 bits per heavy atom. The van der Waals surface area contributed by atoms with Crippen molar-refractivity contribution in [3.8, 4) is 0 Å². The SMILES string of the molecule is O/N=C1\C(NO)=CCc2ccccc21. The van der Waals surface area contributed by atoms with Crippen molar-refractivity contribution in [3.63, 3.8) is 0 Å². The zero-order chi connectivity index (χ0) is 9.97. The van der Waals surface area contributed by atoms with E-state index in [9.17, 15) is 0 Å². The molecule has 1 aromatic rings. The summed E-state index contributed by atoms with van der Waals surface area (Å²) in [5, 5.41) is 20.8. The van der Waals surface area contributed by atoms with Gasteiger partial charge in [0.05, 0.1) is 5.70 Å². The number of fused-ring (bicyclic) bond motifs is 1. The highest BCUT2D eigenvalue weighted by molar-refractivity contribution is 6.13. The predicted octanol–water partition coefficient (Wildman–Crippen LogP) is 1.28. The minimum atomic E-state index is 0.370. The van der Waals surface area contributed by atoms with Gasteiger partial charge in [0.25, 0.3) is 0 Å². The molecule has 1 aliphatic carbocycles. The Bertz CT molecular complexity index is 410. The highest BCUT2D eigenvalue weighted by atomic mass is 16.5. The molecule has 0 spiro atoms. The van der Waals surface area contributed by atoms with Gasteiger partial charge in [0.2, 0.25) is 0 Å². The lowest BCUT2D eigenvalue weighted by molar-refractivity contribution is 0.205. The molecule has 14 heavy (non-hydrogen) atoms. The fourth-order valence-corrected chi connectivity index (χ4v) is 1.59. The summed E-state index contributed by atoms with van der Waals surface area (Å²) >= 11 is 0. The summed E-state index contributed by atoms with van der Waals surface area (Å²) in [6, 6.07) is 7.61. The predicted molar refractivity (Wildman–Crippen MR) is 51.5 cm³/mol. The van der Waals surface area contributed by atoms with Gasteiger partial charge in [-0.25, -0.2) is 0 Å². The van der Waals surface area contributed by atoms with Crippen molar-refractivity contribution in [2.24, 2.45) is 5.16 Å². The Balaban J connectivity index is 2.53. The van der Waals surface area contributed by atoms with Crippen LogP contribution in [-0.2, 0) is 6.42 Å². The molecule has 0 saturated heterocycles. The molecule has 1 aliphatic rings. The van der Waals surface area contributed by atoms with E-state index in [-0.39, 0.29) is 0 Å². The summed E-state index contributed by atoms with van der Waals surface area (Å²) in [6.07, 6.45) is 2.50. The number of hydrogen-bond acceptors (Lipinski definition) is 4. The van der Waals surface area contributed by atoms with Crippen LogP contribution in [-0.4, -0.2) is 16.1 Å². The van der Waals surface area contributed by atoms with Crippen LogP contribution in [0.3, 0.4) is 0 Å². The lowest BCUT2D eigenvalue weighted by Gasteiger charge is -2.16. The number of hydroxylamine groups is 1. The highest BCUT2D eigenvalue weighted by Gasteiger charge is 2.17. The molecular formula is C10H10N2O2. The van der Waals surface area contributed by atoms with E-state index in [0.29, 0.717) is 11.4 Å². The van der Waals surface area contributed by atoms with Crippen molar-refractivity contribution in [3.05, 3.63) is 47.2 Å². The molecule has 4 nitrogen and oxygen atoms in total. The summed E-state index contributed by atoms with van der Waals surface area (Å²) in [5.41, 5.74) is 4.75. The van der Waals surface area contributed by atoms with Crippen LogP contribution in [0.2, 0.25) is 0 Å². The number of oxime groups is 1. The third kappa shape index (κ3) is 1.25. The average molecular weight is 190 g/mol. The molecule has 0 radical (unpaired) electrons.